The molecule has 3 N–H and O–H groups in total. The van der Waals surface area contributed by atoms with Crippen molar-refractivity contribution in [2.24, 2.45) is 0 Å². The summed E-state index contributed by atoms with van der Waals surface area (Å²) in [4.78, 5) is 26.8. The molecule has 0 radical (unpaired) electrons. The Hall–Kier alpha value is -2.82. The molecule has 0 bridgehead atoms. The molecule has 5 nitrogen and oxygen atoms in total. The SMILES string of the molecule is CC1CCCCN1C(=O)c1ccc(NC(=O)c2cccc(N)c2)cc1. The Morgan fingerprint density at radius 3 is 2.52 bits per heavy atom. The minimum atomic E-state index is -0.226. The second-order valence-corrected chi connectivity index (χ2v) is 6.50. The van der Waals surface area contributed by atoms with Gasteiger partial charge in [-0.25, -0.2) is 0 Å². The molecule has 5 heteroatoms. The third kappa shape index (κ3) is 3.99. The molecule has 1 saturated heterocycles. The Morgan fingerprint density at radius 1 is 1.08 bits per heavy atom. The lowest BCUT2D eigenvalue weighted by molar-refractivity contribution is 0.0635. The molecular weight excluding hydrogens is 314 g/mol. The highest BCUT2D eigenvalue weighted by molar-refractivity contribution is 6.05. The van der Waals surface area contributed by atoms with Gasteiger partial charge < -0.3 is 16.0 Å². The van der Waals surface area contributed by atoms with E-state index in [1.54, 1.807) is 48.5 Å². The number of anilines is 2. The van der Waals surface area contributed by atoms with Gasteiger partial charge in [-0.05, 0) is 68.7 Å². The van der Waals surface area contributed by atoms with Crippen molar-refractivity contribution in [1.82, 2.24) is 4.90 Å². The molecule has 1 heterocycles. The summed E-state index contributed by atoms with van der Waals surface area (Å²) in [5.74, 6) is -0.170. The van der Waals surface area contributed by atoms with Crippen molar-refractivity contribution in [2.75, 3.05) is 17.6 Å². The number of nitrogen functional groups attached to an aromatic ring is 1. The van der Waals surface area contributed by atoms with Crippen LogP contribution < -0.4 is 11.1 Å². The number of hydrogen-bond acceptors (Lipinski definition) is 3. The molecule has 1 aliphatic rings. The largest absolute Gasteiger partial charge is 0.399 e. The standard InChI is InChI=1S/C20H23N3O2/c1-14-5-2-3-12-23(14)20(25)15-8-10-18(11-9-15)22-19(24)16-6-4-7-17(21)13-16/h4,6-11,13-14H,2-3,5,12,21H2,1H3,(H,22,24). The van der Waals surface area contributed by atoms with Crippen LogP contribution in [0.15, 0.2) is 48.5 Å². The molecule has 1 fully saturated rings. The van der Waals surface area contributed by atoms with E-state index in [1.807, 2.05) is 4.90 Å². The van der Waals surface area contributed by atoms with Gasteiger partial charge in [0.15, 0.2) is 0 Å². The molecule has 3 rings (SSSR count). The number of amides is 2. The van der Waals surface area contributed by atoms with E-state index in [4.69, 9.17) is 5.73 Å². The number of piperidine rings is 1. The number of nitrogens with two attached hydrogens (primary N) is 1. The summed E-state index contributed by atoms with van der Waals surface area (Å²) in [6, 6.07) is 14.1. The lowest BCUT2D eigenvalue weighted by Crippen LogP contribution is -2.42. The van der Waals surface area contributed by atoms with E-state index >= 15 is 0 Å². The zero-order valence-electron chi connectivity index (χ0n) is 14.4. The monoisotopic (exact) mass is 337 g/mol. The van der Waals surface area contributed by atoms with Crippen LogP contribution in [0.1, 0.15) is 46.9 Å². The lowest BCUT2D eigenvalue weighted by Gasteiger charge is -2.33. The number of likely N-dealkylation sites (tertiary alicyclic amines) is 1. The third-order valence-corrected chi connectivity index (χ3v) is 4.60. The number of carbonyl (C=O) groups is 2. The summed E-state index contributed by atoms with van der Waals surface area (Å²) in [5.41, 5.74) is 8.05. The van der Waals surface area contributed by atoms with Gasteiger partial charge in [0.1, 0.15) is 0 Å². The number of benzene rings is 2. The van der Waals surface area contributed by atoms with Crippen molar-refractivity contribution in [3.05, 3.63) is 59.7 Å². The number of nitrogens with one attached hydrogen (secondary N) is 1. The lowest BCUT2D eigenvalue weighted by atomic mass is 10.0. The van der Waals surface area contributed by atoms with Crippen LogP contribution in [0, 0.1) is 0 Å². The normalized spacial score (nSPS) is 17.2. The van der Waals surface area contributed by atoms with E-state index in [1.165, 1.54) is 6.42 Å². The van der Waals surface area contributed by atoms with E-state index in [-0.39, 0.29) is 17.9 Å². The van der Waals surface area contributed by atoms with Crippen LogP contribution in [0.4, 0.5) is 11.4 Å². The Balaban J connectivity index is 1.67. The fourth-order valence-electron chi connectivity index (χ4n) is 3.14. The van der Waals surface area contributed by atoms with Gasteiger partial charge in [-0.1, -0.05) is 6.07 Å². The number of nitrogens with zero attached hydrogens (tertiary/aromatic N) is 1. The zero-order valence-corrected chi connectivity index (χ0v) is 14.4. The summed E-state index contributed by atoms with van der Waals surface area (Å²) in [6.07, 6.45) is 3.30. The van der Waals surface area contributed by atoms with E-state index < -0.39 is 0 Å². The van der Waals surface area contributed by atoms with E-state index in [0.29, 0.717) is 22.5 Å². The van der Waals surface area contributed by atoms with Crippen molar-refractivity contribution in [2.45, 2.75) is 32.2 Å². The number of hydrogen-bond donors (Lipinski definition) is 2. The maximum absolute atomic E-state index is 12.6. The molecule has 1 unspecified atom stereocenters. The molecule has 0 spiro atoms. The molecule has 1 aliphatic heterocycles. The molecule has 0 saturated carbocycles. The summed E-state index contributed by atoms with van der Waals surface area (Å²) in [7, 11) is 0. The first-order valence-corrected chi connectivity index (χ1v) is 8.62. The quantitative estimate of drug-likeness (QED) is 0.841. The minimum Gasteiger partial charge on any atom is -0.399 e. The van der Waals surface area contributed by atoms with E-state index in [0.717, 1.165) is 19.4 Å². The first kappa shape index (κ1) is 17.0. The number of rotatable bonds is 3. The molecule has 25 heavy (non-hydrogen) atoms. The molecule has 2 aromatic rings. The second kappa shape index (κ2) is 7.38. The zero-order chi connectivity index (χ0) is 17.8. The van der Waals surface area contributed by atoms with Gasteiger partial charge >= 0.3 is 0 Å². The average Bonchev–Trinajstić information content (AvgIpc) is 2.62. The van der Waals surface area contributed by atoms with Crippen molar-refractivity contribution < 1.29 is 9.59 Å². The topological polar surface area (TPSA) is 75.4 Å². The Bertz CT molecular complexity index is 771. The van der Waals surface area contributed by atoms with Crippen LogP contribution in [-0.2, 0) is 0 Å². The highest BCUT2D eigenvalue weighted by atomic mass is 16.2. The van der Waals surface area contributed by atoms with Gasteiger partial charge in [-0.2, -0.15) is 0 Å². The first-order valence-electron chi connectivity index (χ1n) is 8.62. The smallest absolute Gasteiger partial charge is 0.255 e. The van der Waals surface area contributed by atoms with Crippen LogP contribution in [0.25, 0.3) is 0 Å². The minimum absolute atomic E-state index is 0.0564. The van der Waals surface area contributed by atoms with Crippen LogP contribution in [0.2, 0.25) is 0 Å². The van der Waals surface area contributed by atoms with Crippen LogP contribution >= 0.6 is 0 Å². The fourth-order valence-corrected chi connectivity index (χ4v) is 3.14. The van der Waals surface area contributed by atoms with Crippen molar-refractivity contribution in [3.8, 4) is 0 Å². The van der Waals surface area contributed by atoms with Gasteiger partial charge in [-0.15, -0.1) is 0 Å². The predicted octanol–water partition coefficient (Wildman–Crippen LogP) is 3.54. The maximum Gasteiger partial charge on any atom is 0.255 e. The second-order valence-electron chi connectivity index (χ2n) is 6.50. The van der Waals surface area contributed by atoms with E-state index in [2.05, 4.69) is 12.2 Å². The van der Waals surface area contributed by atoms with Gasteiger partial charge in [0.05, 0.1) is 0 Å². The third-order valence-electron chi connectivity index (χ3n) is 4.60. The summed E-state index contributed by atoms with van der Waals surface area (Å²) in [6.45, 7) is 2.91. The van der Waals surface area contributed by atoms with Crippen molar-refractivity contribution in [3.63, 3.8) is 0 Å². The summed E-state index contributed by atoms with van der Waals surface area (Å²) in [5, 5.41) is 2.82. The Labute approximate surface area is 147 Å². The Kier molecular flexibility index (Phi) is 5.03. The molecule has 130 valence electrons. The first-order chi connectivity index (χ1) is 12.0. The van der Waals surface area contributed by atoms with Crippen LogP contribution in [0.3, 0.4) is 0 Å². The molecular formula is C20H23N3O2. The van der Waals surface area contributed by atoms with Crippen molar-refractivity contribution >= 4 is 23.2 Å². The van der Waals surface area contributed by atoms with Crippen molar-refractivity contribution in [1.29, 1.82) is 0 Å². The molecule has 2 amide bonds. The summed E-state index contributed by atoms with van der Waals surface area (Å²) >= 11 is 0. The highest BCUT2D eigenvalue weighted by Gasteiger charge is 2.24. The molecule has 2 aromatic carbocycles. The molecule has 1 atom stereocenters. The van der Waals surface area contributed by atoms with E-state index in [9.17, 15) is 9.59 Å². The predicted molar refractivity (Wildman–Crippen MR) is 99.6 cm³/mol. The molecule has 0 aromatic heterocycles. The highest BCUT2D eigenvalue weighted by Crippen LogP contribution is 2.20. The van der Waals surface area contributed by atoms with Crippen LogP contribution in [0.5, 0.6) is 0 Å². The fraction of sp³-hybridized carbons (Fsp3) is 0.300. The van der Waals surface area contributed by atoms with Gasteiger partial charge in [0.25, 0.3) is 11.8 Å². The summed E-state index contributed by atoms with van der Waals surface area (Å²) < 4.78 is 0. The molecule has 0 aliphatic carbocycles. The average molecular weight is 337 g/mol. The Morgan fingerprint density at radius 2 is 1.84 bits per heavy atom. The maximum atomic E-state index is 12.6. The van der Waals surface area contributed by atoms with Gasteiger partial charge in [0.2, 0.25) is 0 Å². The van der Waals surface area contributed by atoms with Gasteiger partial charge in [0, 0.05) is 35.1 Å². The van der Waals surface area contributed by atoms with Gasteiger partial charge in [-0.3, -0.25) is 9.59 Å². The number of carbonyl (C=O) groups excluding carboxylic acids is 2. The van der Waals surface area contributed by atoms with Crippen LogP contribution in [-0.4, -0.2) is 29.3 Å².